The van der Waals surface area contributed by atoms with E-state index in [0.29, 0.717) is 29.2 Å². The molecule has 0 unspecified atom stereocenters. The topological polar surface area (TPSA) is 113 Å². The molecule has 6 rings (SSSR count). The summed E-state index contributed by atoms with van der Waals surface area (Å²) in [7, 11) is 0. The molecule has 10 heteroatoms. The highest BCUT2D eigenvalue weighted by atomic mass is 35.5. The van der Waals surface area contributed by atoms with Gasteiger partial charge in [-0.15, -0.1) is 0 Å². The molecule has 2 aromatic rings. The van der Waals surface area contributed by atoms with Crippen LogP contribution in [0.4, 0.5) is 17.1 Å². The molecule has 3 fully saturated rings. The number of nitrogens with one attached hydrogen (secondary N) is 1. The molecule has 4 atom stereocenters. The van der Waals surface area contributed by atoms with E-state index in [1.165, 1.54) is 19.1 Å². The Morgan fingerprint density at radius 1 is 1.18 bits per heavy atom. The zero-order valence-corrected chi connectivity index (χ0v) is 19.3. The Balaban J connectivity index is 1.57. The maximum Gasteiger partial charge on any atom is 0.274 e. The molecule has 2 aromatic carbocycles. The van der Waals surface area contributed by atoms with Crippen molar-refractivity contribution in [3.05, 3.63) is 62.2 Å². The number of hydrogen-bond acceptors (Lipinski definition) is 6. The standard InChI is InChI=1S/C24H21ClN4O5/c1-11-9-13-20(14(25)10-11)26-23(32)24(13)19-18(17-7-4-8-27(17)24)21(30)28(22(19)31)15-5-3-6-16(12(15)2)29(33)34/h3,5-6,9-10,17-19H,4,7-8H2,1-2H3,(H,26,32)/t17-,18-,19+,24-/m1/s1. The van der Waals surface area contributed by atoms with Crippen LogP contribution in [0.5, 0.6) is 0 Å². The number of benzene rings is 2. The number of rotatable bonds is 2. The minimum Gasteiger partial charge on any atom is -0.323 e. The average Bonchev–Trinajstić information content (AvgIpc) is 3.48. The molecule has 4 aliphatic rings. The second-order valence-electron chi connectivity index (χ2n) is 9.49. The minimum absolute atomic E-state index is 0.168. The zero-order valence-electron chi connectivity index (χ0n) is 18.5. The Morgan fingerprint density at radius 2 is 1.94 bits per heavy atom. The molecule has 9 nitrogen and oxygen atoms in total. The van der Waals surface area contributed by atoms with E-state index in [-0.39, 0.29) is 28.9 Å². The lowest BCUT2D eigenvalue weighted by molar-refractivity contribution is -0.385. The third-order valence-electron chi connectivity index (χ3n) is 7.91. The second-order valence-corrected chi connectivity index (χ2v) is 9.89. The highest BCUT2D eigenvalue weighted by Crippen LogP contribution is 2.61. The van der Waals surface area contributed by atoms with Crippen LogP contribution in [-0.4, -0.2) is 40.1 Å². The van der Waals surface area contributed by atoms with Crippen molar-refractivity contribution in [3.63, 3.8) is 0 Å². The van der Waals surface area contributed by atoms with E-state index in [1.54, 1.807) is 12.1 Å². The number of halogens is 1. The van der Waals surface area contributed by atoms with Crippen LogP contribution < -0.4 is 10.2 Å². The molecule has 174 valence electrons. The summed E-state index contributed by atoms with van der Waals surface area (Å²) in [6.45, 7) is 3.99. The number of amides is 3. The van der Waals surface area contributed by atoms with Crippen molar-refractivity contribution in [3.8, 4) is 0 Å². The number of fused-ring (bicyclic) bond motifs is 7. The number of aryl methyl sites for hydroxylation is 1. The lowest BCUT2D eigenvalue weighted by Gasteiger charge is -2.37. The Bertz CT molecular complexity index is 1340. The highest BCUT2D eigenvalue weighted by Gasteiger charge is 2.75. The molecule has 0 saturated carbocycles. The molecule has 3 saturated heterocycles. The smallest absolute Gasteiger partial charge is 0.274 e. The molecule has 1 N–H and O–H groups in total. The molecular weight excluding hydrogens is 460 g/mol. The minimum atomic E-state index is -1.34. The fourth-order valence-electron chi connectivity index (χ4n) is 6.68. The van der Waals surface area contributed by atoms with Crippen molar-refractivity contribution in [2.24, 2.45) is 11.8 Å². The van der Waals surface area contributed by atoms with Gasteiger partial charge in [0.25, 0.3) is 11.6 Å². The van der Waals surface area contributed by atoms with E-state index < -0.39 is 34.1 Å². The summed E-state index contributed by atoms with van der Waals surface area (Å²) < 4.78 is 0. The van der Waals surface area contributed by atoms with Gasteiger partial charge in [0, 0.05) is 17.7 Å². The van der Waals surface area contributed by atoms with Gasteiger partial charge in [-0.2, -0.15) is 0 Å². The Morgan fingerprint density at radius 3 is 2.68 bits per heavy atom. The van der Waals surface area contributed by atoms with Gasteiger partial charge in [0.05, 0.1) is 38.7 Å². The Kier molecular flexibility index (Phi) is 4.29. The quantitative estimate of drug-likeness (QED) is 0.401. The van der Waals surface area contributed by atoms with E-state index in [2.05, 4.69) is 5.32 Å². The number of nitro groups is 1. The molecule has 3 amide bonds. The van der Waals surface area contributed by atoms with Crippen molar-refractivity contribution in [1.82, 2.24) is 4.90 Å². The van der Waals surface area contributed by atoms with Gasteiger partial charge in [0.1, 0.15) is 5.54 Å². The number of anilines is 2. The summed E-state index contributed by atoms with van der Waals surface area (Å²) >= 11 is 6.49. The van der Waals surface area contributed by atoms with Crippen molar-refractivity contribution in [2.45, 2.75) is 38.3 Å². The monoisotopic (exact) mass is 480 g/mol. The van der Waals surface area contributed by atoms with Crippen LogP contribution >= 0.6 is 11.6 Å². The summed E-state index contributed by atoms with van der Waals surface area (Å²) in [5.74, 6) is -2.93. The first kappa shape index (κ1) is 21.2. The van der Waals surface area contributed by atoms with Gasteiger partial charge in [-0.1, -0.05) is 23.7 Å². The number of hydrogen-bond donors (Lipinski definition) is 1. The summed E-state index contributed by atoms with van der Waals surface area (Å²) in [5, 5.41) is 14.8. The van der Waals surface area contributed by atoms with Crippen LogP contribution in [0.15, 0.2) is 30.3 Å². The first-order valence-electron chi connectivity index (χ1n) is 11.2. The summed E-state index contributed by atoms with van der Waals surface area (Å²) in [6.07, 6.45) is 1.49. The van der Waals surface area contributed by atoms with E-state index in [0.717, 1.165) is 16.9 Å². The van der Waals surface area contributed by atoms with Crippen molar-refractivity contribution < 1.29 is 19.3 Å². The normalized spacial score (nSPS) is 29.6. The van der Waals surface area contributed by atoms with Crippen molar-refractivity contribution in [1.29, 1.82) is 0 Å². The molecule has 4 aliphatic heterocycles. The molecule has 0 bridgehead atoms. The summed E-state index contributed by atoms with van der Waals surface area (Å²) in [6, 6.07) is 7.71. The average molecular weight is 481 g/mol. The largest absolute Gasteiger partial charge is 0.323 e. The third kappa shape index (κ3) is 2.35. The SMILES string of the molecule is Cc1cc(Cl)c2c(c1)[C@]1(C(=O)N2)[C@@H]2C(=O)N(c3cccc([N+](=O)[O-])c3C)C(=O)[C@@H]2[C@H]2CCCN21. The number of imide groups is 1. The lowest BCUT2D eigenvalue weighted by atomic mass is 9.75. The van der Waals surface area contributed by atoms with E-state index >= 15 is 0 Å². The van der Waals surface area contributed by atoms with Gasteiger partial charge in [-0.3, -0.25) is 29.4 Å². The highest BCUT2D eigenvalue weighted by molar-refractivity contribution is 6.35. The van der Waals surface area contributed by atoms with Crippen LogP contribution in [0, 0.1) is 35.8 Å². The Hall–Kier alpha value is -3.30. The van der Waals surface area contributed by atoms with Gasteiger partial charge in [-0.25, -0.2) is 4.90 Å². The van der Waals surface area contributed by atoms with Gasteiger partial charge in [-0.05, 0) is 50.9 Å². The zero-order chi connectivity index (χ0) is 24.1. The molecule has 0 aromatic heterocycles. The number of nitrogens with zero attached hydrogens (tertiary/aromatic N) is 3. The first-order valence-corrected chi connectivity index (χ1v) is 11.6. The van der Waals surface area contributed by atoms with Crippen molar-refractivity contribution >= 4 is 46.4 Å². The summed E-state index contributed by atoms with van der Waals surface area (Å²) in [5.41, 5.74) is 0.878. The Labute approximate surface area is 199 Å². The van der Waals surface area contributed by atoms with E-state index in [9.17, 15) is 24.5 Å². The molecule has 1 spiro atoms. The molecule has 0 radical (unpaired) electrons. The number of carbonyl (C=O) groups excluding carboxylic acids is 3. The second kappa shape index (κ2) is 6.86. The molecular formula is C24H21ClN4O5. The van der Waals surface area contributed by atoms with Crippen LogP contribution in [0.1, 0.15) is 29.5 Å². The predicted octanol–water partition coefficient (Wildman–Crippen LogP) is 3.30. The fourth-order valence-corrected chi connectivity index (χ4v) is 7.01. The summed E-state index contributed by atoms with van der Waals surface area (Å²) in [4.78, 5) is 55.6. The molecule has 0 aliphatic carbocycles. The van der Waals surface area contributed by atoms with Gasteiger partial charge >= 0.3 is 0 Å². The molecule has 34 heavy (non-hydrogen) atoms. The third-order valence-corrected chi connectivity index (χ3v) is 8.21. The lowest BCUT2D eigenvalue weighted by Crippen LogP contribution is -2.54. The maximum atomic E-state index is 14.0. The van der Waals surface area contributed by atoms with Crippen LogP contribution in [0.3, 0.4) is 0 Å². The van der Waals surface area contributed by atoms with Crippen LogP contribution in [0.25, 0.3) is 0 Å². The van der Waals surface area contributed by atoms with E-state index in [4.69, 9.17) is 11.6 Å². The van der Waals surface area contributed by atoms with Crippen LogP contribution in [0.2, 0.25) is 5.02 Å². The first-order chi connectivity index (χ1) is 16.2. The maximum absolute atomic E-state index is 14.0. The van der Waals surface area contributed by atoms with E-state index in [1.807, 2.05) is 17.9 Å². The number of carbonyl (C=O) groups is 3. The molecule has 4 heterocycles. The van der Waals surface area contributed by atoms with Gasteiger partial charge < -0.3 is 5.32 Å². The fraction of sp³-hybridized carbons (Fsp3) is 0.375. The van der Waals surface area contributed by atoms with Crippen molar-refractivity contribution in [2.75, 3.05) is 16.8 Å². The predicted molar refractivity (Wildman–Crippen MR) is 124 cm³/mol. The van der Waals surface area contributed by atoms with Gasteiger partial charge in [0.15, 0.2) is 0 Å². The van der Waals surface area contributed by atoms with Gasteiger partial charge in [0.2, 0.25) is 11.8 Å². The number of nitro benzene ring substituents is 1. The van der Waals surface area contributed by atoms with Crippen LogP contribution in [-0.2, 0) is 19.9 Å².